The third-order valence-corrected chi connectivity index (χ3v) is 5.87. The molecule has 1 saturated heterocycles. The van der Waals surface area contributed by atoms with E-state index in [0.717, 1.165) is 48.5 Å². The van der Waals surface area contributed by atoms with Crippen LogP contribution in [0.1, 0.15) is 12.5 Å². The first kappa shape index (κ1) is 20.7. The van der Waals surface area contributed by atoms with E-state index in [1.165, 1.54) is 0 Å². The summed E-state index contributed by atoms with van der Waals surface area (Å²) in [6.45, 7) is 6.86. The van der Waals surface area contributed by atoms with Gasteiger partial charge < -0.3 is 10.2 Å². The molecule has 0 aliphatic carbocycles. The molecule has 1 aliphatic rings. The SMILES string of the molecule is Cc1ccc(NC(=O)C(C)N2CCN(c3ccc([N+](=O)[O-])c4cnccc34)CC2)cc1. The summed E-state index contributed by atoms with van der Waals surface area (Å²) in [5, 5.41) is 15.7. The van der Waals surface area contributed by atoms with Crippen molar-refractivity contribution in [1.82, 2.24) is 9.88 Å². The van der Waals surface area contributed by atoms with Crippen LogP contribution < -0.4 is 10.2 Å². The first-order valence-electron chi connectivity index (χ1n) is 10.3. The Hall–Kier alpha value is -3.52. The highest BCUT2D eigenvalue weighted by atomic mass is 16.6. The van der Waals surface area contributed by atoms with Gasteiger partial charge in [-0.1, -0.05) is 17.7 Å². The largest absolute Gasteiger partial charge is 0.368 e. The number of carbonyl (C=O) groups is 1. The zero-order valence-corrected chi connectivity index (χ0v) is 17.6. The van der Waals surface area contributed by atoms with Gasteiger partial charge in [-0.2, -0.15) is 0 Å². The van der Waals surface area contributed by atoms with Crippen LogP contribution in [0.2, 0.25) is 0 Å². The minimum absolute atomic E-state index is 0.0239. The number of nitrogens with zero attached hydrogens (tertiary/aromatic N) is 4. The number of aryl methyl sites for hydroxylation is 1. The zero-order valence-electron chi connectivity index (χ0n) is 17.6. The Kier molecular flexibility index (Phi) is 5.81. The molecule has 3 aromatic rings. The monoisotopic (exact) mass is 419 g/mol. The fourth-order valence-electron chi connectivity index (χ4n) is 3.99. The lowest BCUT2D eigenvalue weighted by molar-refractivity contribution is -0.383. The summed E-state index contributed by atoms with van der Waals surface area (Å²) in [6.07, 6.45) is 3.20. The molecular formula is C23H25N5O3. The molecule has 0 radical (unpaired) electrons. The second kappa shape index (κ2) is 8.69. The van der Waals surface area contributed by atoms with Crippen LogP contribution >= 0.6 is 0 Å². The number of amides is 1. The Labute approximate surface area is 180 Å². The summed E-state index contributed by atoms with van der Waals surface area (Å²) in [4.78, 5) is 32.1. The van der Waals surface area contributed by atoms with Gasteiger partial charge in [0.1, 0.15) is 0 Å². The molecule has 1 aliphatic heterocycles. The average molecular weight is 419 g/mol. The molecule has 0 spiro atoms. The van der Waals surface area contributed by atoms with Crippen LogP contribution in [0, 0.1) is 17.0 Å². The van der Waals surface area contributed by atoms with E-state index in [2.05, 4.69) is 20.1 Å². The third-order valence-electron chi connectivity index (χ3n) is 5.87. The lowest BCUT2D eigenvalue weighted by atomic mass is 10.1. The van der Waals surface area contributed by atoms with E-state index in [0.29, 0.717) is 5.39 Å². The molecule has 31 heavy (non-hydrogen) atoms. The number of hydrogen-bond acceptors (Lipinski definition) is 6. The van der Waals surface area contributed by atoms with Gasteiger partial charge >= 0.3 is 0 Å². The van der Waals surface area contributed by atoms with Crippen molar-refractivity contribution in [1.29, 1.82) is 0 Å². The van der Waals surface area contributed by atoms with Crippen LogP contribution in [0.15, 0.2) is 54.9 Å². The molecule has 8 heteroatoms. The third kappa shape index (κ3) is 4.34. The molecular weight excluding hydrogens is 394 g/mol. The van der Waals surface area contributed by atoms with Crippen LogP contribution in [-0.2, 0) is 4.79 Å². The first-order chi connectivity index (χ1) is 14.9. The van der Waals surface area contributed by atoms with Crippen molar-refractivity contribution in [2.45, 2.75) is 19.9 Å². The highest BCUT2D eigenvalue weighted by Crippen LogP contribution is 2.33. The highest BCUT2D eigenvalue weighted by Gasteiger charge is 2.27. The van der Waals surface area contributed by atoms with Crippen molar-refractivity contribution in [3.05, 3.63) is 70.5 Å². The smallest absolute Gasteiger partial charge is 0.278 e. The lowest BCUT2D eigenvalue weighted by Crippen LogP contribution is -2.52. The van der Waals surface area contributed by atoms with Gasteiger partial charge in [0.2, 0.25) is 5.91 Å². The molecule has 1 amide bonds. The number of carbonyl (C=O) groups excluding carboxylic acids is 1. The molecule has 0 saturated carbocycles. The normalized spacial score (nSPS) is 15.6. The predicted molar refractivity (Wildman–Crippen MR) is 121 cm³/mol. The number of pyridine rings is 1. The second-order valence-corrected chi connectivity index (χ2v) is 7.84. The van der Waals surface area contributed by atoms with Gasteiger partial charge in [-0.25, -0.2) is 0 Å². The molecule has 1 N–H and O–H groups in total. The second-order valence-electron chi connectivity index (χ2n) is 7.84. The highest BCUT2D eigenvalue weighted by molar-refractivity contribution is 5.99. The fourth-order valence-corrected chi connectivity index (χ4v) is 3.99. The number of nitrogens with one attached hydrogen (secondary N) is 1. The standard InChI is InChI=1S/C23H25N5O3/c1-16-3-5-18(6-4-16)25-23(29)17(2)26-11-13-27(14-12-26)21-7-8-22(28(30)31)20-15-24-10-9-19(20)21/h3-10,15,17H,11-14H2,1-2H3,(H,25,29). The number of rotatable bonds is 5. The molecule has 1 fully saturated rings. The van der Waals surface area contributed by atoms with Gasteiger partial charge in [-0.05, 0) is 38.1 Å². The first-order valence-corrected chi connectivity index (χ1v) is 10.3. The molecule has 2 heterocycles. The van der Waals surface area contributed by atoms with Crippen LogP contribution in [0.5, 0.6) is 0 Å². The van der Waals surface area contributed by atoms with Gasteiger partial charge in [0.25, 0.3) is 5.69 Å². The summed E-state index contributed by atoms with van der Waals surface area (Å²) in [6, 6.07) is 12.7. The lowest BCUT2D eigenvalue weighted by Gasteiger charge is -2.38. The predicted octanol–water partition coefficient (Wildman–Crippen LogP) is 3.60. The summed E-state index contributed by atoms with van der Waals surface area (Å²) in [5.41, 5.74) is 2.97. The zero-order chi connectivity index (χ0) is 22.0. The summed E-state index contributed by atoms with van der Waals surface area (Å²) in [5.74, 6) is -0.0239. The molecule has 160 valence electrons. The number of benzene rings is 2. The Morgan fingerprint density at radius 1 is 1.06 bits per heavy atom. The maximum absolute atomic E-state index is 12.7. The van der Waals surface area contributed by atoms with Gasteiger partial charge in [0, 0.05) is 61.4 Å². The summed E-state index contributed by atoms with van der Waals surface area (Å²) in [7, 11) is 0. The van der Waals surface area contributed by atoms with E-state index >= 15 is 0 Å². The number of non-ortho nitro benzene ring substituents is 1. The van der Waals surface area contributed by atoms with Crippen molar-refractivity contribution in [2.24, 2.45) is 0 Å². The quantitative estimate of drug-likeness (QED) is 0.502. The van der Waals surface area contributed by atoms with Crippen LogP contribution in [0.3, 0.4) is 0 Å². The van der Waals surface area contributed by atoms with Crippen molar-refractivity contribution >= 4 is 33.7 Å². The van der Waals surface area contributed by atoms with Gasteiger partial charge in [-0.15, -0.1) is 0 Å². The minimum Gasteiger partial charge on any atom is -0.368 e. The van der Waals surface area contributed by atoms with Crippen molar-refractivity contribution < 1.29 is 9.72 Å². The Morgan fingerprint density at radius 2 is 1.77 bits per heavy atom. The molecule has 0 bridgehead atoms. The molecule has 1 atom stereocenters. The van der Waals surface area contributed by atoms with E-state index in [1.807, 2.05) is 50.2 Å². The summed E-state index contributed by atoms with van der Waals surface area (Å²) >= 11 is 0. The summed E-state index contributed by atoms with van der Waals surface area (Å²) < 4.78 is 0. The van der Waals surface area contributed by atoms with Crippen LogP contribution in [0.4, 0.5) is 17.1 Å². The molecule has 1 unspecified atom stereocenters. The van der Waals surface area contributed by atoms with Crippen molar-refractivity contribution in [3.63, 3.8) is 0 Å². The van der Waals surface area contributed by atoms with E-state index in [-0.39, 0.29) is 22.6 Å². The molecule has 1 aromatic heterocycles. The Balaban J connectivity index is 1.44. The number of nitro groups is 1. The van der Waals surface area contributed by atoms with E-state index in [4.69, 9.17) is 0 Å². The number of aromatic nitrogens is 1. The molecule has 8 nitrogen and oxygen atoms in total. The Bertz CT molecular complexity index is 1110. The number of anilines is 2. The van der Waals surface area contributed by atoms with Gasteiger partial charge in [0.05, 0.1) is 16.4 Å². The van der Waals surface area contributed by atoms with Crippen molar-refractivity contribution in [2.75, 3.05) is 36.4 Å². The fraction of sp³-hybridized carbons (Fsp3) is 0.304. The maximum atomic E-state index is 12.7. The van der Waals surface area contributed by atoms with Gasteiger partial charge in [-0.3, -0.25) is 24.8 Å². The number of fused-ring (bicyclic) bond motifs is 1. The number of piperazine rings is 1. The van der Waals surface area contributed by atoms with Crippen molar-refractivity contribution in [3.8, 4) is 0 Å². The topological polar surface area (TPSA) is 91.6 Å². The van der Waals surface area contributed by atoms with Crippen LogP contribution in [-0.4, -0.2) is 52.9 Å². The van der Waals surface area contributed by atoms with E-state index in [1.54, 1.807) is 18.5 Å². The molecule has 4 rings (SSSR count). The Morgan fingerprint density at radius 3 is 2.45 bits per heavy atom. The van der Waals surface area contributed by atoms with E-state index in [9.17, 15) is 14.9 Å². The van der Waals surface area contributed by atoms with Gasteiger partial charge in [0.15, 0.2) is 0 Å². The number of nitro benzene ring substituents is 1. The molecule has 2 aromatic carbocycles. The average Bonchev–Trinajstić information content (AvgIpc) is 2.79. The maximum Gasteiger partial charge on any atom is 0.278 e. The number of hydrogen-bond donors (Lipinski definition) is 1. The van der Waals surface area contributed by atoms with Crippen LogP contribution in [0.25, 0.3) is 10.8 Å². The minimum atomic E-state index is -0.375. The van der Waals surface area contributed by atoms with E-state index < -0.39 is 0 Å².